The Balaban J connectivity index is 0.00000256. The first-order valence-electron chi connectivity index (χ1n) is 5.34. The van der Waals surface area contributed by atoms with Crippen molar-refractivity contribution in [3.05, 3.63) is 24.3 Å². The van der Waals surface area contributed by atoms with E-state index in [2.05, 4.69) is 5.32 Å². The maximum absolute atomic E-state index is 11.6. The number of rotatable bonds is 4. The van der Waals surface area contributed by atoms with Crippen LogP contribution < -0.4 is 11.1 Å². The number of aromatic hydroxyl groups is 1. The van der Waals surface area contributed by atoms with Crippen LogP contribution in [0.15, 0.2) is 24.3 Å². The zero-order valence-electron chi connectivity index (χ0n) is 10.0. The van der Waals surface area contributed by atoms with E-state index >= 15 is 0 Å². The van der Waals surface area contributed by atoms with Crippen molar-refractivity contribution in [3.8, 4) is 5.75 Å². The molecular weight excluding hydrogens is 240 g/mol. The van der Waals surface area contributed by atoms with Gasteiger partial charge < -0.3 is 16.2 Å². The molecule has 4 N–H and O–H groups in total. The summed E-state index contributed by atoms with van der Waals surface area (Å²) in [6, 6.07) is 5.89. The zero-order valence-corrected chi connectivity index (χ0v) is 10.8. The predicted molar refractivity (Wildman–Crippen MR) is 71.4 cm³/mol. The third-order valence-electron chi connectivity index (χ3n) is 2.18. The van der Waals surface area contributed by atoms with Crippen molar-refractivity contribution >= 4 is 24.0 Å². The van der Waals surface area contributed by atoms with Gasteiger partial charge in [0, 0.05) is 11.8 Å². The molecule has 0 radical (unpaired) electrons. The van der Waals surface area contributed by atoms with Gasteiger partial charge in [-0.1, -0.05) is 19.9 Å². The first-order valence-corrected chi connectivity index (χ1v) is 5.34. The maximum atomic E-state index is 11.6. The molecule has 4 nitrogen and oxygen atoms in total. The van der Waals surface area contributed by atoms with E-state index in [1.54, 1.807) is 18.2 Å². The largest absolute Gasteiger partial charge is 0.508 e. The van der Waals surface area contributed by atoms with Gasteiger partial charge in [0.15, 0.2) is 0 Å². The summed E-state index contributed by atoms with van der Waals surface area (Å²) in [6.07, 6.45) is 0.644. The summed E-state index contributed by atoms with van der Waals surface area (Å²) < 4.78 is 0. The lowest BCUT2D eigenvalue weighted by Gasteiger charge is -2.14. The summed E-state index contributed by atoms with van der Waals surface area (Å²) in [5, 5.41) is 11.9. The van der Waals surface area contributed by atoms with Crippen LogP contribution in [0.5, 0.6) is 5.75 Å². The lowest BCUT2D eigenvalue weighted by molar-refractivity contribution is -0.117. The van der Waals surface area contributed by atoms with E-state index in [1.807, 2.05) is 13.8 Å². The highest BCUT2D eigenvalue weighted by molar-refractivity contribution is 5.94. The highest BCUT2D eigenvalue weighted by Gasteiger charge is 2.14. The summed E-state index contributed by atoms with van der Waals surface area (Å²) in [4.78, 5) is 11.6. The average Bonchev–Trinajstić information content (AvgIpc) is 2.16. The highest BCUT2D eigenvalue weighted by atomic mass is 35.5. The van der Waals surface area contributed by atoms with Crippen LogP contribution in [-0.4, -0.2) is 17.1 Å². The van der Waals surface area contributed by atoms with Crippen LogP contribution in [0.25, 0.3) is 0 Å². The van der Waals surface area contributed by atoms with Gasteiger partial charge in [0.05, 0.1) is 6.04 Å². The van der Waals surface area contributed by atoms with Crippen LogP contribution in [0.3, 0.4) is 0 Å². The number of hydrogen-bond donors (Lipinski definition) is 3. The minimum Gasteiger partial charge on any atom is -0.508 e. The number of benzene rings is 1. The maximum Gasteiger partial charge on any atom is 0.241 e. The molecule has 0 unspecified atom stereocenters. The topological polar surface area (TPSA) is 75.4 Å². The molecule has 1 rings (SSSR count). The Morgan fingerprint density at radius 3 is 2.65 bits per heavy atom. The summed E-state index contributed by atoms with van der Waals surface area (Å²) >= 11 is 0. The Kier molecular flexibility index (Phi) is 6.61. The third kappa shape index (κ3) is 5.56. The average molecular weight is 259 g/mol. The van der Waals surface area contributed by atoms with Gasteiger partial charge >= 0.3 is 0 Å². The van der Waals surface area contributed by atoms with Crippen LogP contribution in [0.1, 0.15) is 20.3 Å². The van der Waals surface area contributed by atoms with Gasteiger partial charge in [-0.15, -0.1) is 12.4 Å². The number of phenolic OH excluding ortho intramolecular Hbond substituents is 1. The number of anilines is 1. The van der Waals surface area contributed by atoms with Crippen LogP contribution in [0.2, 0.25) is 0 Å². The van der Waals surface area contributed by atoms with E-state index in [-0.39, 0.29) is 24.1 Å². The first-order chi connectivity index (χ1) is 7.49. The van der Waals surface area contributed by atoms with Gasteiger partial charge in [0.1, 0.15) is 5.75 Å². The fourth-order valence-corrected chi connectivity index (χ4v) is 1.43. The van der Waals surface area contributed by atoms with Crippen molar-refractivity contribution in [2.45, 2.75) is 26.3 Å². The van der Waals surface area contributed by atoms with Gasteiger partial charge in [-0.2, -0.15) is 0 Å². The normalized spacial score (nSPS) is 11.8. The van der Waals surface area contributed by atoms with Gasteiger partial charge in [-0.05, 0) is 24.5 Å². The second-order valence-electron chi connectivity index (χ2n) is 4.28. The summed E-state index contributed by atoms with van der Waals surface area (Å²) in [5.74, 6) is 0.277. The van der Waals surface area contributed by atoms with Crippen molar-refractivity contribution < 1.29 is 9.90 Å². The predicted octanol–water partition coefficient (Wildman–Crippen LogP) is 2.13. The van der Waals surface area contributed by atoms with Crippen molar-refractivity contribution in [2.75, 3.05) is 5.32 Å². The van der Waals surface area contributed by atoms with E-state index in [9.17, 15) is 9.90 Å². The van der Waals surface area contributed by atoms with Crippen molar-refractivity contribution in [3.63, 3.8) is 0 Å². The van der Waals surface area contributed by atoms with Crippen LogP contribution in [0, 0.1) is 5.92 Å². The Morgan fingerprint density at radius 1 is 1.47 bits per heavy atom. The number of nitrogens with two attached hydrogens (primary N) is 1. The molecule has 17 heavy (non-hydrogen) atoms. The molecule has 0 spiro atoms. The molecule has 1 amide bonds. The third-order valence-corrected chi connectivity index (χ3v) is 2.18. The van der Waals surface area contributed by atoms with E-state index in [1.165, 1.54) is 6.07 Å². The summed E-state index contributed by atoms with van der Waals surface area (Å²) in [6.45, 7) is 4.03. The Labute approximate surface area is 108 Å². The number of hydrogen-bond acceptors (Lipinski definition) is 3. The second-order valence-corrected chi connectivity index (χ2v) is 4.28. The lowest BCUT2D eigenvalue weighted by atomic mass is 10.0. The van der Waals surface area contributed by atoms with Crippen LogP contribution in [-0.2, 0) is 4.79 Å². The summed E-state index contributed by atoms with van der Waals surface area (Å²) in [5.41, 5.74) is 6.29. The fourth-order valence-electron chi connectivity index (χ4n) is 1.43. The molecule has 0 heterocycles. The standard InChI is InChI=1S/C12H18N2O2.ClH/c1-8(2)6-11(13)12(16)14-9-4-3-5-10(15)7-9;/h3-5,7-8,11,15H,6,13H2,1-2H3,(H,14,16);1H/t11-;/m0./s1. The Morgan fingerprint density at radius 2 is 2.12 bits per heavy atom. The van der Waals surface area contributed by atoms with Crippen molar-refractivity contribution in [1.29, 1.82) is 0 Å². The minimum atomic E-state index is -0.512. The van der Waals surface area contributed by atoms with E-state index in [0.717, 1.165) is 0 Å². The highest BCUT2D eigenvalue weighted by Crippen LogP contribution is 2.15. The van der Waals surface area contributed by atoms with Gasteiger partial charge in [0.25, 0.3) is 0 Å². The lowest BCUT2D eigenvalue weighted by Crippen LogP contribution is -2.36. The smallest absolute Gasteiger partial charge is 0.241 e. The molecule has 0 aliphatic heterocycles. The molecule has 1 aromatic carbocycles. The molecule has 0 saturated heterocycles. The molecule has 96 valence electrons. The van der Waals surface area contributed by atoms with Crippen LogP contribution >= 0.6 is 12.4 Å². The Bertz CT molecular complexity index is 369. The summed E-state index contributed by atoms with van der Waals surface area (Å²) in [7, 11) is 0. The number of halogens is 1. The quantitative estimate of drug-likeness (QED) is 0.774. The molecule has 0 bridgehead atoms. The monoisotopic (exact) mass is 258 g/mol. The number of nitrogens with one attached hydrogen (secondary N) is 1. The zero-order chi connectivity index (χ0) is 12.1. The van der Waals surface area contributed by atoms with Gasteiger partial charge in [-0.25, -0.2) is 0 Å². The molecule has 1 aromatic rings. The molecular formula is C12H19ClN2O2. The van der Waals surface area contributed by atoms with Crippen molar-refractivity contribution in [2.24, 2.45) is 11.7 Å². The van der Waals surface area contributed by atoms with E-state index in [4.69, 9.17) is 5.73 Å². The molecule has 1 atom stereocenters. The molecule has 0 aliphatic rings. The number of carbonyl (C=O) groups is 1. The number of phenols is 1. The molecule has 0 aliphatic carbocycles. The minimum absolute atomic E-state index is 0. The fraction of sp³-hybridized carbons (Fsp3) is 0.417. The molecule has 0 aromatic heterocycles. The van der Waals surface area contributed by atoms with Gasteiger partial charge in [0.2, 0.25) is 5.91 Å². The van der Waals surface area contributed by atoms with Crippen LogP contribution in [0.4, 0.5) is 5.69 Å². The molecule has 0 saturated carbocycles. The van der Waals surface area contributed by atoms with Crippen molar-refractivity contribution in [1.82, 2.24) is 0 Å². The molecule has 0 fully saturated rings. The Hall–Kier alpha value is -1.26. The SMILES string of the molecule is CC(C)C[C@H](N)C(=O)Nc1cccc(O)c1.Cl. The van der Waals surface area contributed by atoms with Gasteiger partial charge in [-0.3, -0.25) is 4.79 Å². The second kappa shape index (κ2) is 7.14. The van der Waals surface area contributed by atoms with E-state index < -0.39 is 6.04 Å². The number of amides is 1. The first kappa shape index (κ1) is 15.7. The molecule has 5 heteroatoms. The van der Waals surface area contributed by atoms with E-state index in [0.29, 0.717) is 18.0 Å². The number of carbonyl (C=O) groups excluding carboxylic acids is 1.